The molecule has 0 aromatic carbocycles. The molecule has 1 aromatic heterocycles. The van der Waals surface area contributed by atoms with Crippen LogP contribution in [0.1, 0.15) is 13.8 Å². The fourth-order valence-corrected chi connectivity index (χ4v) is 1.44. The first-order valence-corrected chi connectivity index (χ1v) is 4.63. The summed E-state index contributed by atoms with van der Waals surface area (Å²) in [5.74, 6) is -0.383. The van der Waals surface area contributed by atoms with Crippen LogP contribution in [0.25, 0.3) is 0 Å². The molecule has 0 spiro atoms. The molecular formula is C9H10N4O3. The number of urea groups is 1. The second-order valence-corrected chi connectivity index (χ2v) is 3.97. The van der Waals surface area contributed by atoms with Gasteiger partial charge in [-0.2, -0.15) is 4.98 Å². The van der Waals surface area contributed by atoms with Crippen LogP contribution in [0.5, 0.6) is 0 Å². The Morgan fingerprint density at radius 2 is 2.00 bits per heavy atom. The Morgan fingerprint density at radius 3 is 2.44 bits per heavy atom. The highest BCUT2D eigenvalue weighted by Crippen LogP contribution is 2.22. The second kappa shape index (κ2) is 3.16. The van der Waals surface area contributed by atoms with Crippen molar-refractivity contribution in [3.63, 3.8) is 0 Å². The number of nitrogens with one attached hydrogen (secondary N) is 2. The van der Waals surface area contributed by atoms with Crippen LogP contribution in [0.2, 0.25) is 0 Å². The molecule has 1 aromatic rings. The molecule has 7 heteroatoms. The predicted molar refractivity (Wildman–Crippen MR) is 55.0 cm³/mol. The lowest BCUT2D eigenvalue weighted by atomic mass is 10.1. The van der Waals surface area contributed by atoms with Crippen molar-refractivity contribution in [2.45, 2.75) is 19.4 Å². The highest BCUT2D eigenvalue weighted by atomic mass is 16.2. The Hall–Kier alpha value is -2.18. The van der Waals surface area contributed by atoms with Crippen molar-refractivity contribution in [1.82, 2.24) is 15.3 Å². The molecule has 0 unspecified atom stereocenters. The zero-order valence-electron chi connectivity index (χ0n) is 8.77. The van der Waals surface area contributed by atoms with Gasteiger partial charge in [-0.25, -0.2) is 14.5 Å². The van der Waals surface area contributed by atoms with E-state index >= 15 is 0 Å². The van der Waals surface area contributed by atoms with Crippen molar-refractivity contribution in [1.29, 1.82) is 0 Å². The molecule has 0 saturated carbocycles. The lowest BCUT2D eigenvalue weighted by molar-refractivity contribution is -0.121. The van der Waals surface area contributed by atoms with Crippen LogP contribution in [0, 0.1) is 0 Å². The topological polar surface area (TPSA) is 95.2 Å². The first kappa shape index (κ1) is 10.3. The molecular weight excluding hydrogens is 212 g/mol. The lowest BCUT2D eigenvalue weighted by Crippen LogP contribution is -2.40. The van der Waals surface area contributed by atoms with Gasteiger partial charge < -0.3 is 10.3 Å². The summed E-state index contributed by atoms with van der Waals surface area (Å²) >= 11 is 0. The first-order valence-electron chi connectivity index (χ1n) is 4.63. The maximum Gasteiger partial charge on any atom is 0.345 e. The summed E-state index contributed by atoms with van der Waals surface area (Å²) < 4.78 is 0. The van der Waals surface area contributed by atoms with Crippen molar-refractivity contribution in [3.05, 3.63) is 22.9 Å². The molecule has 1 fully saturated rings. The lowest BCUT2D eigenvalue weighted by Gasteiger charge is -2.15. The van der Waals surface area contributed by atoms with Gasteiger partial charge in [0.1, 0.15) is 5.54 Å². The number of rotatable bonds is 1. The van der Waals surface area contributed by atoms with Gasteiger partial charge in [0.05, 0.1) is 11.9 Å². The number of aromatic nitrogens is 2. The number of anilines is 1. The maximum absolute atomic E-state index is 11.8. The van der Waals surface area contributed by atoms with Crippen molar-refractivity contribution >= 4 is 17.6 Å². The summed E-state index contributed by atoms with van der Waals surface area (Å²) in [5, 5.41) is 2.52. The first-order chi connectivity index (χ1) is 7.42. The van der Waals surface area contributed by atoms with Crippen LogP contribution in [-0.2, 0) is 4.79 Å². The third-order valence-corrected chi connectivity index (χ3v) is 2.28. The summed E-state index contributed by atoms with van der Waals surface area (Å²) in [5.41, 5.74) is -1.23. The van der Waals surface area contributed by atoms with Gasteiger partial charge in [0.15, 0.2) is 0 Å². The third-order valence-electron chi connectivity index (χ3n) is 2.28. The normalized spacial score (nSPS) is 18.8. The molecule has 1 saturated heterocycles. The molecule has 2 N–H and O–H groups in total. The molecule has 0 radical (unpaired) electrons. The van der Waals surface area contributed by atoms with Crippen LogP contribution in [0.3, 0.4) is 0 Å². The second-order valence-electron chi connectivity index (χ2n) is 3.97. The summed E-state index contributed by atoms with van der Waals surface area (Å²) in [6, 6.07) is -0.524. The van der Waals surface area contributed by atoms with E-state index in [0.717, 1.165) is 4.90 Å². The summed E-state index contributed by atoms with van der Waals surface area (Å²) in [6.45, 7) is 3.21. The molecule has 7 nitrogen and oxygen atoms in total. The molecule has 0 aliphatic carbocycles. The zero-order chi connectivity index (χ0) is 11.9. The molecule has 3 amide bonds. The minimum absolute atomic E-state index is 0.243. The Labute approximate surface area is 90.5 Å². The smallest absolute Gasteiger partial charge is 0.323 e. The fraction of sp³-hybridized carbons (Fsp3) is 0.333. The largest absolute Gasteiger partial charge is 0.345 e. The number of aromatic amines is 1. The van der Waals surface area contributed by atoms with Crippen molar-refractivity contribution in [2.24, 2.45) is 0 Å². The average Bonchev–Trinajstić information content (AvgIpc) is 2.39. The quantitative estimate of drug-likeness (QED) is 0.632. The van der Waals surface area contributed by atoms with Gasteiger partial charge in [0.2, 0.25) is 0 Å². The van der Waals surface area contributed by atoms with E-state index in [4.69, 9.17) is 0 Å². The van der Waals surface area contributed by atoms with Gasteiger partial charge in [-0.3, -0.25) is 4.79 Å². The number of nitrogens with zero attached hydrogens (tertiary/aromatic N) is 2. The highest BCUT2D eigenvalue weighted by molar-refractivity contribution is 6.22. The number of carbonyl (C=O) groups is 2. The predicted octanol–water partition coefficient (Wildman–Crippen LogP) is -0.395. The van der Waals surface area contributed by atoms with Gasteiger partial charge in [-0.05, 0) is 13.8 Å². The van der Waals surface area contributed by atoms with Gasteiger partial charge >= 0.3 is 11.7 Å². The van der Waals surface area contributed by atoms with E-state index < -0.39 is 17.3 Å². The van der Waals surface area contributed by atoms with Crippen molar-refractivity contribution < 1.29 is 9.59 Å². The standard InChI is InChI=1S/C9H10N4O3/c1-9(2)6(14)13(8(16)12-9)5-3-10-7(15)11-4-5/h3-4H,1-2H3,(H,12,16)(H,10,11,15). The number of hydrogen-bond donors (Lipinski definition) is 2. The van der Waals surface area contributed by atoms with Gasteiger partial charge in [0.25, 0.3) is 5.91 Å². The number of carbonyl (C=O) groups excluding carboxylic acids is 2. The van der Waals surface area contributed by atoms with E-state index in [1.807, 2.05) is 0 Å². The Morgan fingerprint density at radius 1 is 1.31 bits per heavy atom. The Bertz CT molecular complexity index is 499. The van der Waals surface area contributed by atoms with Crippen LogP contribution in [-0.4, -0.2) is 27.4 Å². The monoisotopic (exact) mass is 222 g/mol. The number of hydrogen-bond acceptors (Lipinski definition) is 4. The number of imide groups is 1. The molecule has 2 heterocycles. The Kier molecular flexibility index (Phi) is 2.04. The van der Waals surface area contributed by atoms with Gasteiger partial charge in [0, 0.05) is 6.20 Å². The molecule has 1 aliphatic rings. The van der Waals surface area contributed by atoms with E-state index in [1.54, 1.807) is 13.8 Å². The average molecular weight is 222 g/mol. The fourth-order valence-electron chi connectivity index (χ4n) is 1.44. The third kappa shape index (κ3) is 1.46. The molecule has 0 atom stereocenters. The molecule has 16 heavy (non-hydrogen) atoms. The minimum Gasteiger partial charge on any atom is -0.323 e. The van der Waals surface area contributed by atoms with Crippen LogP contribution >= 0.6 is 0 Å². The minimum atomic E-state index is -0.937. The zero-order valence-corrected chi connectivity index (χ0v) is 8.77. The van der Waals surface area contributed by atoms with E-state index in [-0.39, 0.29) is 11.6 Å². The van der Waals surface area contributed by atoms with Crippen molar-refractivity contribution in [2.75, 3.05) is 4.90 Å². The van der Waals surface area contributed by atoms with E-state index in [2.05, 4.69) is 15.3 Å². The summed E-state index contributed by atoms with van der Waals surface area (Å²) in [4.78, 5) is 40.9. The van der Waals surface area contributed by atoms with E-state index in [1.165, 1.54) is 12.4 Å². The van der Waals surface area contributed by atoms with Crippen molar-refractivity contribution in [3.8, 4) is 0 Å². The SMILES string of the molecule is CC1(C)NC(=O)N(c2cnc(=O)[nH]c2)C1=O. The van der Waals surface area contributed by atoms with Crippen LogP contribution < -0.4 is 15.9 Å². The number of amides is 3. The maximum atomic E-state index is 11.8. The molecule has 2 rings (SSSR count). The van der Waals surface area contributed by atoms with E-state index in [0.29, 0.717) is 0 Å². The van der Waals surface area contributed by atoms with Gasteiger partial charge in [-0.1, -0.05) is 0 Å². The highest BCUT2D eigenvalue weighted by Gasteiger charge is 2.45. The van der Waals surface area contributed by atoms with Crippen LogP contribution in [0.4, 0.5) is 10.5 Å². The molecule has 84 valence electrons. The number of H-pyrrole nitrogens is 1. The van der Waals surface area contributed by atoms with E-state index in [9.17, 15) is 14.4 Å². The summed E-state index contributed by atoms with van der Waals surface area (Å²) in [6.07, 6.45) is 2.45. The van der Waals surface area contributed by atoms with Crippen LogP contribution in [0.15, 0.2) is 17.2 Å². The Balaban J connectivity index is 2.42. The summed E-state index contributed by atoms with van der Waals surface area (Å²) in [7, 11) is 0. The molecule has 1 aliphatic heterocycles. The van der Waals surface area contributed by atoms with Gasteiger partial charge in [-0.15, -0.1) is 0 Å². The molecule has 0 bridgehead atoms.